The fraction of sp³-hybridized carbons (Fsp3) is 0.0345. The van der Waals surface area contributed by atoms with Crippen molar-refractivity contribution in [2.45, 2.75) is 16.7 Å². The SMILES string of the molecule is Cc1ccccc1C(=O)NNC(=O)c1ccccc1Sc1ccc2c(/C=C/c3ccccn3)n[nH]c2c1. The fourth-order valence-electron chi connectivity index (χ4n) is 3.80. The van der Waals surface area contributed by atoms with Crippen LogP contribution in [0.4, 0.5) is 0 Å². The number of nitrogens with one attached hydrogen (secondary N) is 3. The number of rotatable bonds is 6. The second kappa shape index (κ2) is 10.9. The minimum Gasteiger partial charge on any atom is -0.277 e. The van der Waals surface area contributed by atoms with Gasteiger partial charge in [0.05, 0.1) is 22.5 Å². The maximum Gasteiger partial charge on any atom is 0.270 e. The first-order valence-corrected chi connectivity index (χ1v) is 12.4. The van der Waals surface area contributed by atoms with Crippen LogP contribution < -0.4 is 10.9 Å². The molecule has 182 valence electrons. The lowest BCUT2D eigenvalue weighted by molar-refractivity contribution is 0.0844. The summed E-state index contributed by atoms with van der Waals surface area (Å²) in [7, 11) is 0. The van der Waals surface area contributed by atoms with Gasteiger partial charge >= 0.3 is 0 Å². The first kappa shape index (κ1) is 24.0. The van der Waals surface area contributed by atoms with Gasteiger partial charge in [0.15, 0.2) is 0 Å². The van der Waals surface area contributed by atoms with Crippen LogP contribution in [0.5, 0.6) is 0 Å². The number of fused-ring (bicyclic) bond motifs is 1. The van der Waals surface area contributed by atoms with Crippen LogP contribution in [0.3, 0.4) is 0 Å². The van der Waals surface area contributed by atoms with Crippen LogP contribution in [0.1, 0.15) is 37.7 Å². The predicted octanol–water partition coefficient (Wildman–Crippen LogP) is 5.66. The number of H-pyrrole nitrogens is 1. The number of hydrogen-bond donors (Lipinski definition) is 3. The Hall–Kier alpha value is -4.69. The van der Waals surface area contributed by atoms with E-state index in [0.717, 1.165) is 37.6 Å². The van der Waals surface area contributed by atoms with Gasteiger partial charge in [0.2, 0.25) is 0 Å². The Balaban J connectivity index is 1.30. The van der Waals surface area contributed by atoms with Gasteiger partial charge < -0.3 is 0 Å². The zero-order chi connectivity index (χ0) is 25.6. The van der Waals surface area contributed by atoms with Gasteiger partial charge in [0.25, 0.3) is 11.8 Å². The maximum atomic E-state index is 12.9. The summed E-state index contributed by atoms with van der Waals surface area (Å²) in [5.41, 5.74) is 9.40. The molecule has 2 amide bonds. The number of benzene rings is 3. The molecule has 2 heterocycles. The Morgan fingerprint density at radius 2 is 1.57 bits per heavy atom. The van der Waals surface area contributed by atoms with E-state index in [9.17, 15) is 9.59 Å². The van der Waals surface area contributed by atoms with Crippen molar-refractivity contribution in [3.63, 3.8) is 0 Å². The van der Waals surface area contributed by atoms with Crippen LogP contribution in [0, 0.1) is 6.92 Å². The molecule has 37 heavy (non-hydrogen) atoms. The zero-order valence-electron chi connectivity index (χ0n) is 19.9. The summed E-state index contributed by atoms with van der Waals surface area (Å²) >= 11 is 1.46. The molecule has 0 aliphatic heterocycles. The highest BCUT2D eigenvalue weighted by atomic mass is 32.2. The molecule has 0 aliphatic carbocycles. The number of nitrogens with zero attached hydrogens (tertiary/aromatic N) is 2. The topological polar surface area (TPSA) is 99.8 Å². The van der Waals surface area contributed by atoms with Gasteiger partial charge in [0.1, 0.15) is 0 Å². The van der Waals surface area contributed by atoms with Crippen LogP contribution in [0.25, 0.3) is 23.1 Å². The third kappa shape index (κ3) is 5.60. The van der Waals surface area contributed by atoms with E-state index in [1.165, 1.54) is 11.8 Å². The van der Waals surface area contributed by atoms with Gasteiger partial charge in [-0.2, -0.15) is 5.10 Å². The smallest absolute Gasteiger partial charge is 0.270 e. The van der Waals surface area contributed by atoms with Crippen molar-refractivity contribution in [3.8, 4) is 0 Å². The molecule has 0 aliphatic rings. The lowest BCUT2D eigenvalue weighted by atomic mass is 10.1. The largest absolute Gasteiger partial charge is 0.277 e. The van der Waals surface area contributed by atoms with E-state index in [2.05, 4.69) is 26.0 Å². The highest BCUT2D eigenvalue weighted by Gasteiger charge is 2.15. The van der Waals surface area contributed by atoms with Crippen molar-refractivity contribution in [2.24, 2.45) is 0 Å². The van der Waals surface area contributed by atoms with Crippen molar-refractivity contribution in [2.75, 3.05) is 0 Å². The van der Waals surface area contributed by atoms with Crippen molar-refractivity contribution >= 4 is 46.6 Å². The van der Waals surface area contributed by atoms with E-state index >= 15 is 0 Å². The fourth-order valence-corrected chi connectivity index (χ4v) is 4.78. The summed E-state index contributed by atoms with van der Waals surface area (Å²) in [6.45, 7) is 1.85. The van der Waals surface area contributed by atoms with Crippen LogP contribution in [-0.2, 0) is 0 Å². The van der Waals surface area contributed by atoms with Crippen molar-refractivity contribution in [1.82, 2.24) is 26.0 Å². The number of hydrazine groups is 1. The number of carbonyl (C=O) groups excluding carboxylic acids is 2. The number of aromatic amines is 1. The molecular formula is C29H23N5O2S. The van der Waals surface area contributed by atoms with Crippen molar-refractivity contribution in [3.05, 3.63) is 119 Å². The molecule has 0 atom stereocenters. The molecule has 0 fully saturated rings. The quantitative estimate of drug-likeness (QED) is 0.259. The molecule has 5 rings (SSSR count). The lowest BCUT2D eigenvalue weighted by Crippen LogP contribution is -2.42. The van der Waals surface area contributed by atoms with Gasteiger partial charge in [-0.3, -0.25) is 30.5 Å². The normalized spacial score (nSPS) is 11.1. The minimum atomic E-state index is -0.394. The van der Waals surface area contributed by atoms with E-state index in [0.29, 0.717) is 11.1 Å². The number of pyridine rings is 1. The number of carbonyl (C=O) groups is 2. The van der Waals surface area contributed by atoms with Crippen LogP contribution in [-0.4, -0.2) is 27.0 Å². The van der Waals surface area contributed by atoms with Gasteiger partial charge in [-0.1, -0.05) is 48.2 Å². The van der Waals surface area contributed by atoms with Crippen LogP contribution in [0.2, 0.25) is 0 Å². The summed E-state index contributed by atoms with van der Waals surface area (Å²) in [5.74, 6) is -0.760. The third-order valence-electron chi connectivity index (χ3n) is 5.70. The molecule has 3 aromatic carbocycles. The standard InChI is InChI=1S/C29H23N5O2S/c1-19-8-2-3-10-22(19)28(35)33-34-29(36)24-11-4-5-12-27(24)37-21-14-15-23-25(31-32-26(23)18-21)16-13-20-9-6-7-17-30-20/h2-18H,1H3,(H,31,32)(H,33,35)(H,34,36)/b16-13+. The Morgan fingerprint density at radius 3 is 2.35 bits per heavy atom. The lowest BCUT2D eigenvalue weighted by Gasteiger charge is -2.12. The Morgan fingerprint density at radius 1 is 0.838 bits per heavy atom. The second-order valence-corrected chi connectivity index (χ2v) is 9.34. The Kier molecular flexibility index (Phi) is 7.09. The zero-order valence-corrected chi connectivity index (χ0v) is 20.8. The van der Waals surface area contributed by atoms with Crippen molar-refractivity contribution < 1.29 is 9.59 Å². The van der Waals surface area contributed by atoms with Crippen molar-refractivity contribution in [1.29, 1.82) is 0 Å². The molecule has 0 bridgehead atoms. The first-order chi connectivity index (χ1) is 18.1. The third-order valence-corrected chi connectivity index (χ3v) is 6.77. The highest BCUT2D eigenvalue weighted by molar-refractivity contribution is 7.99. The molecule has 0 unspecified atom stereocenters. The van der Waals surface area contributed by atoms with Gasteiger partial charge in [-0.25, -0.2) is 0 Å². The van der Waals surface area contributed by atoms with Gasteiger partial charge in [0, 0.05) is 26.9 Å². The molecule has 2 aromatic heterocycles. The molecule has 0 saturated carbocycles. The summed E-state index contributed by atoms with van der Waals surface area (Å²) in [6.07, 6.45) is 5.60. The van der Waals surface area contributed by atoms with E-state index < -0.39 is 5.91 Å². The summed E-state index contributed by atoms with van der Waals surface area (Å²) in [4.78, 5) is 31.4. The summed E-state index contributed by atoms with van der Waals surface area (Å²) in [6, 6.07) is 26.2. The van der Waals surface area contributed by atoms with E-state index in [1.807, 2.05) is 79.7 Å². The molecule has 7 nitrogen and oxygen atoms in total. The van der Waals surface area contributed by atoms with E-state index in [1.54, 1.807) is 30.5 Å². The molecule has 5 aromatic rings. The van der Waals surface area contributed by atoms with Gasteiger partial charge in [-0.15, -0.1) is 0 Å². The summed E-state index contributed by atoms with van der Waals surface area (Å²) < 4.78 is 0. The average molecular weight is 506 g/mol. The number of amides is 2. The number of aromatic nitrogens is 3. The number of aryl methyl sites for hydroxylation is 1. The number of hydrogen-bond acceptors (Lipinski definition) is 5. The highest BCUT2D eigenvalue weighted by Crippen LogP contribution is 2.32. The predicted molar refractivity (Wildman–Crippen MR) is 146 cm³/mol. The van der Waals surface area contributed by atoms with E-state index in [4.69, 9.17) is 0 Å². The Labute approximate surface area is 218 Å². The minimum absolute atomic E-state index is 0.366. The molecule has 3 N–H and O–H groups in total. The first-order valence-electron chi connectivity index (χ1n) is 11.6. The van der Waals surface area contributed by atoms with Crippen LogP contribution in [0.15, 0.2) is 101 Å². The van der Waals surface area contributed by atoms with Crippen LogP contribution >= 0.6 is 11.8 Å². The molecule has 0 radical (unpaired) electrons. The maximum absolute atomic E-state index is 12.9. The Bertz CT molecular complexity index is 1610. The second-order valence-electron chi connectivity index (χ2n) is 8.23. The monoisotopic (exact) mass is 505 g/mol. The average Bonchev–Trinajstić information content (AvgIpc) is 3.33. The molecule has 8 heteroatoms. The molecule has 0 saturated heterocycles. The molecular weight excluding hydrogens is 482 g/mol. The van der Waals surface area contributed by atoms with Gasteiger partial charge in [-0.05, 0) is 73.2 Å². The van der Waals surface area contributed by atoms with E-state index in [-0.39, 0.29) is 5.91 Å². The molecule has 0 spiro atoms. The summed E-state index contributed by atoms with van der Waals surface area (Å²) in [5, 5.41) is 8.49.